The van der Waals surface area contributed by atoms with E-state index in [1.165, 1.54) is 27.8 Å². The predicted octanol–water partition coefficient (Wildman–Crippen LogP) is 8.10. The number of hydrogen-bond acceptors (Lipinski definition) is 3. The molecule has 0 aliphatic rings. The van der Waals surface area contributed by atoms with Gasteiger partial charge >= 0.3 is 0 Å². The summed E-state index contributed by atoms with van der Waals surface area (Å²) in [6.07, 6.45) is 0. The number of aromatic nitrogens is 3. The fourth-order valence-electron chi connectivity index (χ4n) is 3.97. The zero-order chi connectivity index (χ0) is 23.8. The van der Waals surface area contributed by atoms with Gasteiger partial charge in [0.25, 0.3) is 0 Å². The van der Waals surface area contributed by atoms with Crippen LogP contribution in [0.1, 0.15) is 48.6 Å². The van der Waals surface area contributed by atoms with Gasteiger partial charge in [-0.15, -0.1) is 10.2 Å². The van der Waals surface area contributed by atoms with Crippen molar-refractivity contribution in [3.05, 3.63) is 93.5 Å². The largest absolute Gasteiger partial charge is 0.270 e. The third-order valence-corrected chi connectivity index (χ3v) is 7.21. The molecule has 0 spiro atoms. The van der Waals surface area contributed by atoms with Crippen LogP contribution in [0.5, 0.6) is 0 Å². The average Bonchev–Trinajstić information content (AvgIpc) is 3.17. The van der Waals surface area contributed by atoms with Crippen molar-refractivity contribution >= 4 is 23.4 Å². The minimum Gasteiger partial charge on any atom is -0.270 e. The van der Waals surface area contributed by atoms with Gasteiger partial charge in [0.1, 0.15) is 0 Å². The van der Waals surface area contributed by atoms with E-state index >= 15 is 0 Å². The molecule has 170 valence electrons. The molecule has 4 aromatic rings. The second kappa shape index (κ2) is 9.36. The van der Waals surface area contributed by atoms with Gasteiger partial charge in [-0.2, -0.15) is 0 Å². The first-order chi connectivity index (χ1) is 15.6. The smallest absolute Gasteiger partial charge is 0.196 e. The highest BCUT2D eigenvalue weighted by Crippen LogP contribution is 2.34. The number of halogens is 1. The molecule has 0 aliphatic heterocycles. The molecule has 3 nitrogen and oxygen atoms in total. The molecule has 0 N–H and O–H groups in total. The molecular weight excluding hydrogens is 446 g/mol. The molecule has 0 amide bonds. The van der Waals surface area contributed by atoms with Crippen LogP contribution in [0.15, 0.2) is 65.8 Å². The maximum Gasteiger partial charge on any atom is 0.196 e. The van der Waals surface area contributed by atoms with E-state index in [0.717, 1.165) is 28.0 Å². The minimum atomic E-state index is 0.139. The van der Waals surface area contributed by atoms with Gasteiger partial charge in [-0.05, 0) is 84.3 Å². The van der Waals surface area contributed by atoms with E-state index in [1.807, 2.05) is 24.3 Å². The molecule has 4 rings (SSSR count). The normalized spacial score (nSPS) is 11.7. The molecule has 0 radical (unpaired) electrons. The minimum absolute atomic E-state index is 0.139. The summed E-state index contributed by atoms with van der Waals surface area (Å²) in [6.45, 7) is 13.3. The summed E-state index contributed by atoms with van der Waals surface area (Å²) in [4.78, 5) is 0. The van der Waals surface area contributed by atoms with Gasteiger partial charge in [0.05, 0.1) is 5.69 Å². The van der Waals surface area contributed by atoms with Gasteiger partial charge < -0.3 is 0 Å². The molecular formula is C28H30ClN3S. The summed E-state index contributed by atoms with van der Waals surface area (Å²) in [5, 5.41) is 10.8. The van der Waals surface area contributed by atoms with E-state index in [0.29, 0.717) is 5.02 Å². The molecule has 5 heteroatoms. The third kappa shape index (κ3) is 5.02. The summed E-state index contributed by atoms with van der Waals surface area (Å²) < 4.78 is 2.16. The lowest BCUT2D eigenvalue weighted by molar-refractivity contribution is 0.589. The number of benzene rings is 3. The van der Waals surface area contributed by atoms with Crippen LogP contribution in [0.25, 0.3) is 17.1 Å². The van der Waals surface area contributed by atoms with E-state index < -0.39 is 0 Å². The molecule has 3 aromatic carbocycles. The molecule has 0 saturated carbocycles. The first kappa shape index (κ1) is 23.6. The summed E-state index contributed by atoms with van der Waals surface area (Å²) in [7, 11) is 0. The van der Waals surface area contributed by atoms with Gasteiger partial charge in [-0.25, -0.2) is 0 Å². The van der Waals surface area contributed by atoms with Gasteiger partial charge in [-0.3, -0.25) is 4.57 Å². The molecule has 0 atom stereocenters. The lowest BCUT2D eigenvalue weighted by atomic mass is 9.84. The highest BCUT2D eigenvalue weighted by Gasteiger charge is 2.20. The fourth-order valence-corrected chi connectivity index (χ4v) is 5.24. The topological polar surface area (TPSA) is 30.7 Å². The Hall–Kier alpha value is -2.56. The average molecular weight is 476 g/mol. The maximum absolute atomic E-state index is 6.13. The highest BCUT2D eigenvalue weighted by molar-refractivity contribution is 7.98. The highest BCUT2D eigenvalue weighted by atomic mass is 35.5. The monoisotopic (exact) mass is 475 g/mol. The Morgan fingerprint density at radius 3 is 2.09 bits per heavy atom. The van der Waals surface area contributed by atoms with Crippen molar-refractivity contribution in [1.82, 2.24) is 14.8 Å². The van der Waals surface area contributed by atoms with Crippen molar-refractivity contribution in [2.45, 2.75) is 57.9 Å². The first-order valence-corrected chi connectivity index (χ1v) is 12.5. The Balaban J connectivity index is 1.74. The van der Waals surface area contributed by atoms with Crippen molar-refractivity contribution in [1.29, 1.82) is 0 Å². The Morgan fingerprint density at radius 1 is 0.848 bits per heavy atom. The third-order valence-electron chi connectivity index (χ3n) is 6.00. The van der Waals surface area contributed by atoms with Crippen LogP contribution in [-0.2, 0) is 11.2 Å². The molecule has 1 aromatic heterocycles. The Morgan fingerprint density at radius 2 is 1.48 bits per heavy atom. The zero-order valence-corrected chi connectivity index (χ0v) is 21.7. The van der Waals surface area contributed by atoms with E-state index in [-0.39, 0.29) is 5.41 Å². The molecule has 33 heavy (non-hydrogen) atoms. The summed E-state index contributed by atoms with van der Waals surface area (Å²) in [5.41, 5.74) is 8.78. The van der Waals surface area contributed by atoms with Crippen molar-refractivity contribution < 1.29 is 0 Å². The fraction of sp³-hybridized carbons (Fsp3) is 0.286. The van der Waals surface area contributed by atoms with Crippen LogP contribution in [0.4, 0.5) is 0 Å². The van der Waals surface area contributed by atoms with E-state index in [1.54, 1.807) is 11.8 Å². The molecule has 0 saturated heterocycles. The number of hydrogen-bond donors (Lipinski definition) is 0. The van der Waals surface area contributed by atoms with Crippen LogP contribution < -0.4 is 0 Å². The lowest BCUT2D eigenvalue weighted by Gasteiger charge is -2.22. The van der Waals surface area contributed by atoms with Crippen LogP contribution in [-0.4, -0.2) is 14.8 Å². The Bertz CT molecular complexity index is 1260. The van der Waals surface area contributed by atoms with Gasteiger partial charge in [0.2, 0.25) is 0 Å². The number of thioether (sulfide) groups is 1. The Labute approximate surface area is 206 Å². The second-order valence-electron chi connectivity index (χ2n) is 9.56. The van der Waals surface area contributed by atoms with Crippen LogP contribution >= 0.6 is 23.4 Å². The van der Waals surface area contributed by atoms with E-state index in [2.05, 4.69) is 92.7 Å². The maximum atomic E-state index is 6.13. The van der Waals surface area contributed by atoms with Crippen LogP contribution in [0, 0.1) is 20.8 Å². The molecule has 0 bridgehead atoms. The van der Waals surface area contributed by atoms with E-state index in [4.69, 9.17) is 11.6 Å². The van der Waals surface area contributed by atoms with Crippen molar-refractivity contribution in [3.8, 4) is 17.1 Å². The SMILES string of the molecule is Cc1ccccc1-n1c(SCc2c(C)cc(C(C)(C)C)cc2C)nnc1-c1ccc(Cl)cc1. The standard InChI is InChI=1S/C28H30ClN3S/c1-18-9-7-8-10-25(18)32-26(21-11-13-23(29)14-12-21)30-31-27(32)33-17-24-19(2)15-22(16-20(24)3)28(4,5)6/h7-16H,17H2,1-6H3. The van der Waals surface area contributed by atoms with Crippen molar-refractivity contribution in [2.24, 2.45) is 0 Å². The molecule has 1 heterocycles. The van der Waals surface area contributed by atoms with Crippen LogP contribution in [0.3, 0.4) is 0 Å². The zero-order valence-electron chi connectivity index (χ0n) is 20.1. The summed E-state index contributed by atoms with van der Waals surface area (Å²) in [5.74, 6) is 1.66. The molecule has 0 aliphatic carbocycles. The number of para-hydroxylation sites is 1. The lowest BCUT2D eigenvalue weighted by Crippen LogP contribution is -2.12. The predicted molar refractivity (Wildman–Crippen MR) is 141 cm³/mol. The molecule has 0 fully saturated rings. The van der Waals surface area contributed by atoms with Gasteiger partial charge in [0.15, 0.2) is 11.0 Å². The summed E-state index contributed by atoms with van der Waals surface area (Å²) >= 11 is 7.85. The Kier molecular flexibility index (Phi) is 6.69. The first-order valence-electron chi connectivity index (χ1n) is 11.2. The van der Waals surface area contributed by atoms with Gasteiger partial charge in [0, 0.05) is 16.3 Å². The second-order valence-corrected chi connectivity index (χ2v) is 10.9. The quantitative estimate of drug-likeness (QED) is 0.273. The van der Waals surface area contributed by atoms with Gasteiger partial charge in [-0.1, -0.05) is 74.5 Å². The van der Waals surface area contributed by atoms with Crippen molar-refractivity contribution in [2.75, 3.05) is 0 Å². The van der Waals surface area contributed by atoms with E-state index in [9.17, 15) is 0 Å². The van der Waals surface area contributed by atoms with Crippen molar-refractivity contribution in [3.63, 3.8) is 0 Å². The number of rotatable bonds is 5. The molecule has 0 unspecified atom stereocenters. The summed E-state index contributed by atoms with van der Waals surface area (Å²) in [6, 6.07) is 20.8. The number of aryl methyl sites for hydroxylation is 3. The van der Waals surface area contributed by atoms with Crippen LogP contribution in [0.2, 0.25) is 5.02 Å². The number of nitrogens with zero attached hydrogens (tertiary/aromatic N) is 3.